The second-order valence-electron chi connectivity index (χ2n) is 7.71. The van der Waals surface area contributed by atoms with Crippen LogP contribution in [0.2, 0.25) is 0 Å². The topological polar surface area (TPSA) is 61.6 Å². The first kappa shape index (κ1) is 19.6. The van der Waals surface area contributed by atoms with Crippen LogP contribution in [0, 0.1) is 0 Å². The van der Waals surface area contributed by atoms with E-state index in [1.54, 1.807) is 6.07 Å². The lowest BCUT2D eigenvalue weighted by Gasteiger charge is -2.32. The van der Waals surface area contributed by atoms with Gasteiger partial charge in [-0.25, -0.2) is 4.98 Å². The number of likely N-dealkylation sites (N-methyl/N-ethyl adjacent to an activating group) is 1. The summed E-state index contributed by atoms with van der Waals surface area (Å²) in [6.45, 7) is 6.17. The first-order valence-electron chi connectivity index (χ1n) is 10.3. The average Bonchev–Trinajstić information content (AvgIpc) is 3.14. The van der Waals surface area contributed by atoms with Gasteiger partial charge in [0, 0.05) is 44.7 Å². The molecule has 2 heterocycles. The van der Waals surface area contributed by atoms with Crippen molar-refractivity contribution in [2.75, 3.05) is 46.3 Å². The SMILES string of the molecule is CN1CCN(CCCNC(=O)c2ccc3nc(Cc4ccccc4)oc3c2)CC1. The van der Waals surface area contributed by atoms with Gasteiger partial charge in [-0.2, -0.15) is 0 Å². The van der Waals surface area contributed by atoms with Crippen molar-refractivity contribution in [1.82, 2.24) is 20.1 Å². The number of carbonyl (C=O) groups is 1. The molecule has 2 aromatic carbocycles. The molecular weight excluding hydrogens is 364 g/mol. The van der Waals surface area contributed by atoms with Gasteiger partial charge in [0.05, 0.1) is 0 Å². The first-order valence-corrected chi connectivity index (χ1v) is 10.3. The monoisotopic (exact) mass is 392 g/mol. The van der Waals surface area contributed by atoms with Crippen molar-refractivity contribution in [3.63, 3.8) is 0 Å². The normalized spacial score (nSPS) is 15.6. The molecule has 1 fully saturated rings. The van der Waals surface area contributed by atoms with Gasteiger partial charge in [0.25, 0.3) is 5.91 Å². The molecule has 0 radical (unpaired) electrons. The molecule has 29 heavy (non-hydrogen) atoms. The zero-order chi connectivity index (χ0) is 20.1. The number of hydrogen-bond acceptors (Lipinski definition) is 5. The fourth-order valence-electron chi connectivity index (χ4n) is 3.64. The lowest BCUT2D eigenvalue weighted by molar-refractivity contribution is 0.0949. The van der Waals surface area contributed by atoms with Crippen LogP contribution >= 0.6 is 0 Å². The van der Waals surface area contributed by atoms with Gasteiger partial charge in [-0.05, 0) is 43.8 Å². The molecule has 0 spiro atoms. The fourth-order valence-corrected chi connectivity index (χ4v) is 3.64. The molecular formula is C23H28N4O2. The molecule has 0 saturated carbocycles. The third kappa shape index (κ3) is 5.22. The maximum Gasteiger partial charge on any atom is 0.251 e. The van der Waals surface area contributed by atoms with Gasteiger partial charge in [-0.15, -0.1) is 0 Å². The highest BCUT2D eigenvalue weighted by atomic mass is 16.3. The van der Waals surface area contributed by atoms with Crippen molar-refractivity contribution in [3.05, 3.63) is 65.5 Å². The van der Waals surface area contributed by atoms with Crippen molar-refractivity contribution in [1.29, 1.82) is 0 Å². The van der Waals surface area contributed by atoms with E-state index in [-0.39, 0.29) is 5.91 Å². The number of fused-ring (bicyclic) bond motifs is 1. The van der Waals surface area contributed by atoms with Crippen LogP contribution in [-0.2, 0) is 6.42 Å². The average molecular weight is 393 g/mol. The van der Waals surface area contributed by atoms with Crippen molar-refractivity contribution in [2.45, 2.75) is 12.8 Å². The van der Waals surface area contributed by atoms with Crippen LogP contribution in [0.15, 0.2) is 52.9 Å². The lowest BCUT2D eigenvalue weighted by atomic mass is 10.1. The van der Waals surface area contributed by atoms with Crippen molar-refractivity contribution < 1.29 is 9.21 Å². The molecule has 6 heteroatoms. The minimum absolute atomic E-state index is 0.0636. The van der Waals surface area contributed by atoms with Crippen LogP contribution in [0.5, 0.6) is 0 Å². The van der Waals surface area contributed by atoms with E-state index in [4.69, 9.17) is 4.42 Å². The summed E-state index contributed by atoms with van der Waals surface area (Å²) in [5, 5.41) is 3.02. The number of oxazole rings is 1. The predicted octanol–water partition coefficient (Wildman–Crippen LogP) is 2.79. The number of hydrogen-bond donors (Lipinski definition) is 1. The minimum atomic E-state index is -0.0636. The third-order valence-corrected chi connectivity index (χ3v) is 5.43. The van der Waals surface area contributed by atoms with Gasteiger partial charge < -0.3 is 19.5 Å². The number of amides is 1. The Kier molecular flexibility index (Phi) is 6.22. The second-order valence-corrected chi connectivity index (χ2v) is 7.71. The number of benzene rings is 2. The number of piperazine rings is 1. The highest BCUT2D eigenvalue weighted by Crippen LogP contribution is 2.19. The van der Waals surface area contributed by atoms with Gasteiger partial charge in [0.1, 0.15) is 5.52 Å². The Bertz CT molecular complexity index is 946. The molecule has 1 aliphatic rings. The van der Waals surface area contributed by atoms with E-state index in [0.717, 1.165) is 50.2 Å². The Morgan fingerprint density at radius 3 is 2.69 bits per heavy atom. The Morgan fingerprint density at radius 2 is 1.90 bits per heavy atom. The Labute approximate surface area is 171 Å². The smallest absolute Gasteiger partial charge is 0.251 e. The zero-order valence-corrected chi connectivity index (χ0v) is 16.9. The molecule has 1 aliphatic heterocycles. The van der Waals surface area contributed by atoms with E-state index in [0.29, 0.717) is 30.0 Å². The molecule has 4 rings (SSSR count). The molecule has 3 aromatic rings. The van der Waals surface area contributed by atoms with E-state index in [2.05, 4.69) is 39.3 Å². The number of rotatable bonds is 7. The van der Waals surface area contributed by atoms with E-state index in [9.17, 15) is 4.79 Å². The van der Waals surface area contributed by atoms with Crippen LogP contribution in [0.25, 0.3) is 11.1 Å². The van der Waals surface area contributed by atoms with Gasteiger partial charge in [-0.3, -0.25) is 4.79 Å². The molecule has 0 atom stereocenters. The second kappa shape index (κ2) is 9.20. The summed E-state index contributed by atoms with van der Waals surface area (Å²) in [6.07, 6.45) is 1.60. The standard InChI is InChI=1S/C23H28N4O2/c1-26-12-14-27(15-13-26)11-5-10-24-23(28)19-8-9-20-21(17-19)29-22(25-20)16-18-6-3-2-4-7-18/h2-4,6-9,17H,5,10-16H2,1H3,(H,24,28). The van der Waals surface area contributed by atoms with Crippen LogP contribution in [0.4, 0.5) is 0 Å². The highest BCUT2D eigenvalue weighted by Gasteiger charge is 2.14. The summed E-state index contributed by atoms with van der Waals surface area (Å²) in [6, 6.07) is 15.6. The number of nitrogens with one attached hydrogen (secondary N) is 1. The summed E-state index contributed by atoms with van der Waals surface area (Å²) < 4.78 is 5.87. The van der Waals surface area contributed by atoms with Crippen LogP contribution in [0.1, 0.15) is 28.2 Å². The largest absolute Gasteiger partial charge is 0.440 e. The number of nitrogens with zero attached hydrogens (tertiary/aromatic N) is 3. The molecule has 0 bridgehead atoms. The first-order chi connectivity index (χ1) is 14.2. The summed E-state index contributed by atoms with van der Waals surface area (Å²) in [7, 11) is 2.16. The predicted molar refractivity (Wildman–Crippen MR) is 114 cm³/mol. The van der Waals surface area contributed by atoms with Crippen molar-refractivity contribution in [2.24, 2.45) is 0 Å². The molecule has 0 unspecified atom stereocenters. The highest BCUT2D eigenvalue weighted by molar-refractivity contribution is 5.97. The molecule has 1 N–H and O–H groups in total. The van der Waals surface area contributed by atoms with Gasteiger partial charge >= 0.3 is 0 Å². The van der Waals surface area contributed by atoms with Gasteiger partial charge in [0.2, 0.25) is 0 Å². The molecule has 0 aliphatic carbocycles. The Hall–Kier alpha value is -2.70. The van der Waals surface area contributed by atoms with Crippen molar-refractivity contribution >= 4 is 17.0 Å². The molecule has 152 valence electrons. The van der Waals surface area contributed by atoms with E-state index in [1.807, 2.05) is 30.3 Å². The molecule has 6 nitrogen and oxygen atoms in total. The Morgan fingerprint density at radius 1 is 1.10 bits per heavy atom. The van der Waals surface area contributed by atoms with E-state index in [1.165, 1.54) is 0 Å². The number of aromatic nitrogens is 1. The summed E-state index contributed by atoms with van der Waals surface area (Å²) >= 11 is 0. The van der Waals surface area contributed by atoms with Crippen LogP contribution < -0.4 is 5.32 Å². The van der Waals surface area contributed by atoms with Crippen molar-refractivity contribution in [3.8, 4) is 0 Å². The molecule has 1 amide bonds. The minimum Gasteiger partial charge on any atom is -0.440 e. The summed E-state index contributed by atoms with van der Waals surface area (Å²) in [4.78, 5) is 21.8. The molecule has 1 aromatic heterocycles. The third-order valence-electron chi connectivity index (χ3n) is 5.43. The van der Waals surface area contributed by atoms with E-state index >= 15 is 0 Å². The lowest BCUT2D eigenvalue weighted by Crippen LogP contribution is -2.45. The van der Waals surface area contributed by atoms with Gasteiger partial charge in [0.15, 0.2) is 11.5 Å². The van der Waals surface area contributed by atoms with E-state index < -0.39 is 0 Å². The van der Waals surface area contributed by atoms with Crippen LogP contribution in [-0.4, -0.2) is 67.0 Å². The quantitative estimate of drug-likeness (QED) is 0.627. The van der Waals surface area contributed by atoms with Crippen LogP contribution in [0.3, 0.4) is 0 Å². The number of carbonyl (C=O) groups excluding carboxylic acids is 1. The maximum atomic E-state index is 12.5. The Balaban J connectivity index is 1.29. The maximum absolute atomic E-state index is 12.5. The zero-order valence-electron chi connectivity index (χ0n) is 16.9. The summed E-state index contributed by atoms with van der Waals surface area (Å²) in [5.74, 6) is 0.599. The summed E-state index contributed by atoms with van der Waals surface area (Å²) in [5.41, 5.74) is 3.19. The molecule has 1 saturated heterocycles. The van der Waals surface area contributed by atoms with Gasteiger partial charge in [-0.1, -0.05) is 30.3 Å². The fraction of sp³-hybridized carbons (Fsp3) is 0.391.